The average Bonchev–Trinajstić information content (AvgIpc) is 3.31. The van der Waals surface area contributed by atoms with E-state index >= 15 is 0 Å². The number of nitrogens with zero attached hydrogens (tertiary/aromatic N) is 3. The van der Waals surface area contributed by atoms with Crippen molar-refractivity contribution >= 4 is 10.8 Å². The highest BCUT2D eigenvalue weighted by Gasteiger charge is 2.37. The highest BCUT2D eigenvalue weighted by molar-refractivity contribution is 6.08. The fourth-order valence-electron chi connectivity index (χ4n) is 6.52. The molecule has 0 fully saturated rings. The fourth-order valence-corrected chi connectivity index (χ4v) is 6.52. The molecule has 3 nitrogen and oxygen atoms in total. The average molecular weight is 568 g/mol. The van der Waals surface area contributed by atoms with Crippen molar-refractivity contribution in [2.45, 2.75) is 26.7 Å². The molecule has 0 atom stereocenters. The predicted octanol–water partition coefficient (Wildman–Crippen LogP) is 10.6. The summed E-state index contributed by atoms with van der Waals surface area (Å²) in [6.45, 7) is 4.64. The van der Waals surface area contributed by atoms with E-state index in [1.807, 2.05) is 24.3 Å². The minimum atomic E-state index is -0.143. The lowest BCUT2D eigenvalue weighted by Crippen LogP contribution is -2.15. The second-order valence-corrected chi connectivity index (χ2v) is 11.7. The largest absolute Gasteiger partial charge is 0.208 e. The van der Waals surface area contributed by atoms with Crippen LogP contribution in [0.15, 0.2) is 140 Å². The molecule has 0 spiro atoms. The highest BCUT2D eigenvalue weighted by Crippen LogP contribution is 2.52. The van der Waals surface area contributed by atoms with Crippen LogP contribution in [0.3, 0.4) is 0 Å². The predicted molar refractivity (Wildman–Crippen MR) is 183 cm³/mol. The van der Waals surface area contributed by atoms with E-state index in [1.54, 1.807) is 0 Å². The van der Waals surface area contributed by atoms with E-state index < -0.39 is 0 Å². The molecule has 0 radical (unpaired) electrons. The lowest BCUT2D eigenvalue weighted by Gasteiger charge is -2.22. The number of hydrogen-bond donors (Lipinski definition) is 0. The Morgan fingerprint density at radius 1 is 0.409 bits per heavy atom. The lowest BCUT2D eigenvalue weighted by atomic mass is 9.81. The number of hydrogen-bond acceptors (Lipinski definition) is 3. The summed E-state index contributed by atoms with van der Waals surface area (Å²) in [5.74, 6) is 2.01. The van der Waals surface area contributed by atoms with Crippen LogP contribution in [-0.4, -0.2) is 15.0 Å². The Kier molecular flexibility index (Phi) is 6.67. The van der Waals surface area contributed by atoms with Crippen LogP contribution in [0.5, 0.6) is 0 Å². The first-order chi connectivity index (χ1) is 21.1. The maximum Gasteiger partial charge on any atom is 0.164 e. The first kappa shape index (κ1) is 27.4. The van der Waals surface area contributed by atoms with Gasteiger partial charge in [-0.15, -0.1) is 0 Å². The summed E-state index contributed by atoms with van der Waals surface area (Å²) in [5, 5.41) is 2.37. The molecule has 3 heteroatoms. The first-order valence-electron chi connectivity index (χ1n) is 14.7. The van der Waals surface area contributed by atoms with E-state index in [1.165, 1.54) is 33.2 Å². The van der Waals surface area contributed by atoms with Crippen molar-refractivity contribution in [3.05, 3.63) is 151 Å². The molecule has 7 aromatic rings. The van der Waals surface area contributed by atoms with Crippen LogP contribution in [0.1, 0.15) is 32.4 Å². The maximum absolute atomic E-state index is 5.15. The smallest absolute Gasteiger partial charge is 0.164 e. The second kappa shape index (κ2) is 10.7. The highest BCUT2D eigenvalue weighted by atomic mass is 15.0. The van der Waals surface area contributed by atoms with E-state index in [2.05, 4.69) is 129 Å². The van der Waals surface area contributed by atoms with Gasteiger partial charge in [-0.25, -0.2) is 15.0 Å². The van der Waals surface area contributed by atoms with Gasteiger partial charge in [0.15, 0.2) is 17.5 Å². The molecular weight excluding hydrogens is 534 g/mol. The molecule has 0 saturated heterocycles. The molecule has 212 valence electrons. The molecule has 0 bridgehead atoms. The van der Waals surface area contributed by atoms with Gasteiger partial charge in [-0.3, -0.25) is 0 Å². The quantitative estimate of drug-likeness (QED) is 0.212. The van der Waals surface area contributed by atoms with Crippen molar-refractivity contribution in [2.24, 2.45) is 0 Å². The van der Waals surface area contributed by atoms with Crippen LogP contribution in [0, 0.1) is 0 Å². The van der Waals surface area contributed by atoms with Gasteiger partial charge >= 0.3 is 0 Å². The zero-order valence-corrected chi connectivity index (χ0v) is 24.1. The van der Waals surface area contributed by atoms with Gasteiger partial charge in [0.05, 0.1) is 0 Å². The summed E-state index contributed by atoms with van der Waals surface area (Å²) in [6, 6.07) is 48.9. The van der Waals surface area contributed by atoms with Gasteiger partial charge in [0, 0.05) is 22.1 Å². The molecule has 1 aliphatic carbocycles. The fraction of sp³-hybridized carbons (Fsp3) is 0.0976. The molecular formula is C41H33N3. The zero-order valence-electron chi connectivity index (χ0n) is 24.1. The van der Waals surface area contributed by atoms with Crippen molar-refractivity contribution in [3.63, 3.8) is 0 Å². The van der Waals surface area contributed by atoms with Gasteiger partial charge in [-0.05, 0) is 50.2 Å². The standard InChI is InChI=1S/C40H29N3.CH4/c1-40(2)34-20-12-11-19-32(34)36-31-18-10-9-17-30(31)33(25-35(36)40)39-42-37(28-15-7-4-8-16-28)41-38(43-39)29-23-21-27(22-24-29)26-13-5-3-6-14-26;/h3-25H,1-2H3;1H4. The third kappa shape index (κ3) is 4.40. The summed E-state index contributed by atoms with van der Waals surface area (Å²) < 4.78 is 0. The third-order valence-electron chi connectivity index (χ3n) is 8.75. The van der Waals surface area contributed by atoms with E-state index in [0.717, 1.165) is 27.6 Å². The summed E-state index contributed by atoms with van der Waals surface area (Å²) in [4.78, 5) is 15.3. The Hall–Kier alpha value is -5.41. The maximum atomic E-state index is 5.15. The molecule has 0 saturated carbocycles. The Bertz CT molecular complexity index is 2130. The number of fused-ring (bicyclic) bond motifs is 5. The van der Waals surface area contributed by atoms with Crippen molar-refractivity contribution in [1.82, 2.24) is 15.0 Å². The van der Waals surface area contributed by atoms with Crippen LogP contribution in [-0.2, 0) is 5.41 Å². The molecule has 1 heterocycles. The first-order valence-corrected chi connectivity index (χ1v) is 14.7. The topological polar surface area (TPSA) is 38.7 Å². The lowest BCUT2D eigenvalue weighted by molar-refractivity contribution is 0.661. The van der Waals surface area contributed by atoms with Gasteiger partial charge in [-0.2, -0.15) is 0 Å². The van der Waals surface area contributed by atoms with Crippen molar-refractivity contribution in [3.8, 4) is 56.4 Å². The molecule has 0 N–H and O–H groups in total. The molecule has 1 aromatic heterocycles. The summed E-state index contributed by atoms with van der Waals surface area (Å²) in [5.41, 5.74) is 10.4. The van der Waals surface area contributed by atoms with Gasteiger partial charge in [0.2, 0.25) is 0 Å². The van der Waals surface area contributed by atoms with Gasteiger partial charge in [0.25, 0.3) is 0 Å². The SMILES string of the molecule is C.CC1(C)c2ccccc2-c2c1cc(-c1nc(-c3ccccc3)nc(-c3ccc(-c4ccccc4)cc3)n1)c1ccccc21. The van der Waals surface area contributed by atoms with Crippen LogP contribution < -0.4 is 0 Å². The van der Waals surface area contributed by atoms with Gasteiger partial charge < -0.3 is 0 Å². The number of aromatic nitrogens is 3. The Morgan fingerprint density at radius 2 is 0.886 bits per heavy atom. The number of rotatable bonds is 4. The molecule has 0 amide bonds. The number of benzene rings is 6. The normalized spacial score (nSPS) is 12.8. The molecule has 1 aliphatic rings. The van der Waals surface area contributed by atoms with Crippen molar-refractivity contribution < 1.29 is 0 Å². The van der Waals surface area contributed by atoms with E-state index in [9.17, 15) is 0 Å². The zero-order chi connectivity index (χ0) is 29.0. The Balaban J connectivity index is 0.00000312. The third-order valence-corrected chi connectivity index (χ3v) is 8.75. The van der Waals surface area contributed by atoms with Crippen LogP contribution in [0.4, 0.5) is 0 Å². The molecule has 0 unspecified atom stereocenters. The minimum Gasteiger partial charge on any atom is -0.208 e. The van der Waals surface area contributed by atoms with Gasteiger partial charge in [0.1, 0.15) is 0 Å². The second-order valence-electron chi connectivity index (χ2n) is 11.7. The molecule has 44 heavy (non-hydrogen) atoms. The summed E-state index contributed by atoms with van der Waals surface area (Å²) >= 11 is 0. The van der Waals surface area contributed by atoms with Crippen LogP contribution in [0.25, 0.3) is 67.2 Å². The van der Waals surface area contributed by atoms with E-state index in [4.69, 9.17) is 15.0 Å². The van der Waals surface area contributed by atoms with E-state index in [-0.39, 0.29) is 12.8 Å². The van der Waals surface area contributed by atoms with Crippen LogP contribution in [0.2, 0.25) is 0 Å². The van der Waals surface area contributed by atoms with E-state index in [0.29, 0.717) is 17.5 Å². The summed E-state index contributed by atoms with van der Waals surface area (Å²) in [6.07, 6.45) is 0. The van der Waals surface area contributed by atoms with Gasteiger partial charge in [-0.1, -0.05) is 155 Å². The van der Waals surface area contributed by atoms with Crippen molar-refractivity contribution in [2.75, 3.05) is 0 Å². The molecule has 6 aromatic carbocycles. The minimum absolute atomic E-state index is 0. The van der Waals surface area contributed by atoms with Crippen molar-refractivity contribution in [1.29, 1.82) is 0 Å². The Morgan fingerprint density at radius 3 is 1.57 bits per heavy atom. The van der Waals surface area contributed by atoms with Crippen LogP contribution >= 0.6 is 0 Å². The monoisotopic (exact) mass is 567 g/mol. The molecule has 8 rings (SSSR count). The Labute approximate surface area is 259 Å². The summed E-state index contributed by atoms with van der Waals surface area (Å²) in [7, 11) is 0. The molecule has 0 aliphatic heterocycles.